The quantitative estimate of drug-likeness (QED) is 0.169. The van der Waals surface area contributed by atoms with E-state index in [4.69, 9.17) is 4.42 Å². The van der Waals surface area contributed by atoms with Gasteiger partial charge in [-0.2, -0.15) is 0 Å². The molecule has 4 aromatic carbocycles. The Kier molecular flexibility index (Phi) is 7.65. The molecule has 2 aliphatic carbocycles. The van der Waals surface area contributed by atoms with E-state index in [2.05, 4.69) is 181 Å². The van der Waals surface area contributed by atoms with Gasteiger partial charge in [-0.3, -0.25) is 0 Å². The predicted octanol–water partition coefficient (Wildman–Crippen LogP) is 10.6. The molecule has 273 valence electrons. The molecule has 1 unspecified atom stereocenters. The van der Waals surface area contributed by atoms with Crippen molar-refractivity contribution in [2.24, 2.45) is 0 Å². The molecule has 0 saturated heterocycles. The summed E-state index contributed by atoms with van der Waals surface area (Å²) < 4.78 is 7.41. The van der Waals surface area contributed by atoms with E-state index in [0.717, 1.165) is 22.9 Å². The third-order valence-electron chi connectivity index (χ3n) is 13.2. The van der Waals surface area contributed by atoms with E-state index in [-0.39, 0.29) is 34.4 Å². The summed E-state index contributed by atoms with van der Waals surface area (Å²) in [6, 6.07) is 30.5. The zero-order valence-corrected chi connectivity index (χ0v) is 35.2. The fraction of sp³-hybridized carbons (Fsp3) is 0.388. The van der Waals surface area contributed by atoms with Gasteiger partial charge in [0.1, 0.15) is 5.58 Å². The van der Waals surface area contributed by atoms with Gasteiger partial charge in [0, 0.05) is 28.1 Å². The van der Waals surface area contributed by atoms with Gasteiger partial charge in [0.15, 0.2) is 0 Å². The van der Waals surface area contributed by atoms with Crippen molar-refractivity contribution in [2.45, 2.75) is 123 Å². The van der Waals surface area contributed by atoms with Gasteiger partial charge in [-0.1, -0.05) is 116 Å². The van der Waals surface area contributed by atoms with Gasteiger partial charge < -0.3 is 14.2 Å². The second kappa shape index (κ2) is 11.6. The highest BCUT2D eigenvalue weighted by Crippen LogP contribution is 2.52. The Morgan fingerprint density at radius 2 is 1.33 bits per heavy atom. The number of hydrogen-bond acceptors (Lipinski definition) is 3. The summed E-state index contributed by atoms with van der Waals surface area (Å²) in [5.74, 6) is 0. The van der Waals surface area contributed by atoms with Crippen LogP contribution in [0.15, 0.2) is 106 Å². The van der Waals surface area contributed by atoms with Crippen LogP contribution in [0.5, 0.6) is 0 Å². The van der Waals surface area contributed by atoms with Crippen LogP contribution >= 0.6 is 0 Å². The minimum Gasteiger partial charge on any atom is -0.468 e. The largest absolute Gasteiger partial charge is 0.468 e. The second-order valence-electron chi connectivity index (χ2n) is 20.0. The van der Waals surface area contributed by atoms with E-state index < -0.39 is 0 Å². The SMILES string of the molecule is CC1=CC2=C3B(c4cc(C(C)(C)C)ccc4N2c2ccc(C(C)(C)C)cc2)c2oc4cc5c(cc4c2N(c2ccc([Si])cc2)C3C1)C(C)(C)CCC5(C)C. The number of anilines is 4. The summed E-state index contributed by atoms with van der Waals surface area (Å²) in [4.78, 5) is 5.19. The molecule has 0 bridgehead atoms. The molecule has 0 saturated carbocycles. The van der Waals surface area contributed by atoms with E-state index in [1.165, 1.54) is 85.4 Å². The van der Waals surface area contributed by atoms with Crippen LogP contribution in [0, 0.1) is 0 Å². The molecule has 4 aliphatic rings. The molecular formula is C49H54BN2OSi. The molecule has 1 atom stereocenters. The fourth-order valence-corrected chi connectivity index (χ4v) is 10.0. The molecule has 2 aliphatic heterocycles. The minimum atomic E-state index is -0.0106. The first-order chi connectivity index (χ1) is 25.3. The predicted molar refractivity (Wildman–Crippen MR) is 232 cm³/mol. The summed E-state index contributed by atoms with van der Waals surface area (Å²) in [7, 11) is 3.80. The van der Waals surface area contributed by atoms with Crippen molar-refractivity contribution in [3.05, 3.63) is 124 Å². The van der Waals surface area contributed by atoms with Gasteiger partial charge in [0.05, 0.1) is 27.6 Å². The number of hydrogen-bond donors (Lipinski definition) is 0. The number of fused-ring (bicyclic) bond motifs is 7. The first kappa shape index (κ1) is 35.5. The lowest BCUT2D eigenvalue weighted by atomic mass is 9.33. The van der Waals surface area contributed by atoms with Crippen LogP contribution in [0.1, 0.15) is 118 Å². The standard InChI is InChI=1S/C49H54BN2OSi/c1-29-24-40-43-41(25-29)52(33-17-19-34(54)20-18-33)44-35-27-36-37(49(10,11)23-22-48(36,8)9)28-42(35)53-45(44)50(43)38-26-31(47(5,6)7)14-21-39(38)51(40)32-15-12-30(13-16-32)46(2,3)4/h12-21,24,26-28,41H,22-23,25H2,1-11H3. The lowest BCUT2D eigenvalue weighted by Crippen LogP contribution is -2.61. The number of nitrogens with zero attached hydrogens (tertiary/aromatic N) is 2. The maximum atomic E-state index is 7.41. The summed E-state index contributed by atoms with van der Waals surface area (Å²) in [6.45, 7) is 25.9. The summed E-state index contributed by atoms with van der Waals surface area (Å²) >= 11 is 0. The van der Waals surface area contributed by atoms with Crippen molar-refractivity contribution in [2.75, 3.05) is 9.80 Å². The molecule has 3 radical (unpaired) electrons. The van der Waals surface area contributed by atoms with E-state index in [0.29, 0.717) is 0 Å². The highest BCUT2D eigenvalue weighted by Gasteiger charge is 2.52. The lowest BCUT2D eigenvalue weighted by Gasteiger charge is -2.49. The molecule has 3 nitrogen and oxygen atoms in total. The lowest BCUT2D eigenvalue weighted by molar-refractivity contribution is 0.332. The van der Waals surface area contributed by atoms with Crippen LogP contribution < -0.4 is 26.1 Å². The topological polar surface area (TPSA) is 19.6 Å². The monoisotopic (exact) mass is 725 g/mol. The Morgan fingerprint density at radius 3 is 1.96 bits per heavy atom. The first-order valence-electron chi connectivity index (χ1n) is 20.0. The molecular weight excluding hydrogens is 671 g/mol. The van der Waals surface area contributed by atoms with Crippen LogP contribution in [-0.4, -0.2) is 23.0 Å². The molecule has 9 rings (SSSR count). The molecule has 54 heavy (non-hydrogen) atoms. The van der Waals surface area contributed by atoms with Crippen molar-refractivity contribution >= 4 is 67.0 Å². The summed E-state index contributed by atoms with van der Waals surface area (Å²) in [5, 5.41) is 2.31. The highest BCUT2D eigenvalue weighted by molar-refractivity contribution is 6.93. The van der Waals surface area contributed by atoms with Gasteiger partial charge >= 0.3 is 0 Å². The molecule has 5 aromatic rings. The zero-order valence-electron chi connectivity index (χ0n) is 34.2. The van der Waals surface area contributed by atoms with E-state index in [9.17, 15) is 0 Å². The maximum absolute atomic E-state index is 7.41. The molecule has 1 aromatic heterocycles. The Balaban J connectivity index is 1.39. The molecule has 0 amide bonds. The highest BCUT2D eigenvalue weighted by atomic mass is 28.1. The molecule has 0 spiro atoms. The average molecular weight is 726 g/mol. The summed E-state index contributed by atoms with van der Waals surface area (Å²) in [5.41, 5.74) is 18.2. The van der Waals surface area contributed by atoms with Crippen molar-refractivity contribution in [1.29, 1.82) is 0 Å². The third kappa shape index (κ3) is 5.35. The third-order valence-corrected chi connectivity index (χ3v) is 13.5. The fourth-order valence-electron chi connectivity index (χ4n) is 9.84. The van der Waals surface area contributed by atoms with Gasteiger partial charge in [-0.25, -0.2) is 0 Å². The van der Waals surface area contributed by atoms with Gasteiger partial charge in [-0.15, -0.1) is 0 Å². The molecule has 3 heterocycles. The number of rotatable bonds is 2. The smallest absolute Gasteiger partial charge is 0.292 e. The second-order valence-corrected chi connectivity index (χ2v) is 20.6. The molecule has 0 N–H and O–H groups in total. The van der Waals surface area contributed by atoms with Crippen molar-refractivity contribution < 1.29 is 4.42 Å². The van der Waals surface area contributed by atoms with Gasteiger partial charge in [-0.05, 0) is 130 Å². The average Bonchev–Trinajstić information content (AvgIpc) is 3.47. The molecule has 0 fully saturated rings. The maximum Gasteiger partial charge on any atom is 0.292 e. The van der Waals surface area contributed by atoms with Crippen molar-refractivity contribution in [3.8, 4) is 0 Å². The summed E-state index contributed by atoms with van der Waals surface area (Å²) in [6.07, 6.45) is 5.76. The Hall–Kier alpha value is -4.22. The van der Waals surface area contributed by atoms with Gasteiger partial charge in [0.2, 0.25) is 0 Å². The zero-order chi connectivity index (χ0) is 38.3. The van der Waals surface area contributed by atoms with E-state index in [1.54, 1.807) is 0 Å². The number of furan rings is 1. The van der Waals surface area contributed by atoms with Gasteiger partial charge in [0.25, 0.3) is 6.71 Å². The van der Waals surface area contributed by atoms with Crippen LogP contribution in [-0.2, 0) is 21.7 Å². The van der Waals surface area contributed by atoms with Crippen LogP contribution in [0.3, 0.4) is 0 Å². The Morgan fingerprint density at radius 1 is 0.741 bits per heavy atom. The normalized spacial score (nSPS) is 20.0. The number of allylic oxidation sites excluding steroid dienone is 1. The van der Waals surface area contributed by atoms with E-state index in [1.807, 2.05) is 0 Å². The van der Waals surface area contributed by atoms with E-state index >= 15 is 0 Å². The van der Waals surface area contributed by atoms with Crippen LogP contribution in [0.4, 0.5) is 22.7 Å². The minimum absolute atomic E-state index is 0.00375. The molecule has 5 heteroatoms. The van der Waals surface area contributed by atoms with Crippen molar-refractivity contribution in [3.63, 3.8) is 0 Å². The van der Waals surface area contributed by atoms with Crippen LogP contribution in [0.25, 0.3) is 11.0 Å². The Bertz CT molecular complexity index is 2410. The Labute approximate surface area is 327 Å². The first-order valence-corrected chi connectivity index (χ1v) is 20.5. The van der Waals surface area contributed by atoms with Crippen LogP contribution in [0.2, 0.25) is 0 Å². The number of benzene rings is 4. The van der Waals surface area contributed by atoms with Crippen molar-refractivity contribution in [1.82, 2.24) is 0 Å².